The molecule has 4 heteroatoms. The molecule has 1 N–H and O–H groups in total. The number of rotatable bonds is 1. The van der Waals surface area contributed by atoms with Crippen LogP contribution < -0.4 is 10.2 Å². The molecule has 1 amide bonds. The maximum Gasteiger partial charge on any atom is 0.226 e. The molecule has 0 saturated carbocycles. The van der Waals surface area contributed by atoms with Crippen LogP contribution in [0.15, 0.2) is 18.2 Å². The molecule has 1 heterocycles. The number of nitrogens with one attached hydrogen (secondary N) is 1. The molecule has 0 aliphatic carbocycles. The molecule has 86 valence electrons. The van der Waals surface area contributed by atoms with Crippen molar-refractivity contribution in [2.45, 2.75) is 26.3 Å². The van der Waals surface area contributed by atoms with Crippen LogP contribution in [0, 0.1) is 0 Å². The van der Waals surface area contributed by atoms with Crippen LogP contribution in [-0.2, 0) is 4.79 Å². The third-order valence-electron chi connectivity index (χ3n) is 2.75. The van der Waals surface area contributed by atoms with E-state index < -0.39 is 0 Å². The SMILES string of the molecule is CC(C)N1CCC(=O)Nc2cccc(Cl)c21. The Morgan fingerprint density at radius 1 is 1.44 bits per heavy atom. The van der Waals surface area contributed by atoms with E-state index in [1.807, 2.05) is 18.2 Å². The highest BCUT2D eigenvalue weighted by Gasteiger charge is 2.22. The minimum atomic E-state index is 0.0478. The van der Waals surface area contributed by atoms with Crippen LogP contribution in [0.5, 0.6) is 0 Å². The second kappa shape index (κ2) is 4.34. The van der Waals surface area contributed by atoms with E-state index in [9.17, 15) is 4.79 Å². The van der Waals surface area contributed by atoms with Crippen molar-refractivity contribution in [2.24, 2.45) is 0 Å². The molecule has 2 rings (SSSR count). The summed E-state index contributed by atoms with van der Waals surface area (Å²) in [6, 6.07) is 5.92. The second-order valence-electron chi connectivity index (χ2n) is 4.22. The van der Waals surface area contributed by atoms with Gasteiger partial charge in [-0.15, -0.1) is 0 Å². The Balaban J connectivity index is 2.52. The summed E-state index contributed by atoms with van der Waals surface area (Å²) in [5.74, 6) is 0.0478. The highest BCUT2D eigenvalue weighted by molar-refractivity contribution is 6.34. The summed E-state index contributed by atoms with van der Waals surface area (Å²) in [6.07, 6.45) is 0.503. The third kappa shape index (κ3) is 2.00. The normalized spacial score (nSPS) is 15.8. The molecule has 0 unspecified atom stereocenters. The molecule has 1 aromatic carbocycles. The van der Waals surface area contributed by atoms with Gasteiger partial charge in [0.25, 0.3) is 0 Å². The lowest BCUT2D eigenvalue weighted by Gasteiger charge is -2.29. The third-order valence-corrected chi connectivity index (χ3v) is 3.06. The Kier molecular flexibility index (Phi) is 3.06. The average Bonchev–Trinajstić information content (AvgIpc) is 2.37. The Morgan fingerprint density at radius 2 is 2.19 bits per heavy atom. The summed E-state index contributed by atoms with van der Waals surface area (Å²) in [5, 5.41) is 3.57. The summed E-state index contributed by atoms with van der Waals surface area (Å²) >= 11 is 6.21. The first-order valence-corrected chi connectivity index (χ1v) is 5.82. The molecule has 0 fully saturated rings. The van der Waals surface area contributed by atoms with Crippen molar-refractivity contribution in [3.8, 4) is 0 Å². The smallest absolute Gasteiger partial charge is 0.226 e. The number of carbonyl (C=O) groups excluding carboxylic acids is 1. The first-order chi connectivity index (χ1) is 7.59. The molecule has 1 aliphatic rings. The lowest BCUT2D eigenvalue weighted by atomic mass is 10.2. The van der Waals surface area contributed by atoms with Crippen molar-refractivity contribution in [3.05, 3.63) is 23.2 Å². The Hall–Kier alpha value is -1.22. The van der Waals surface area contributed by atoms with Gasteiger partial charge in [0, 0.05) is 19.0 Å². The van der Waals surface area contributed by atoms with Gasteiger partial charge in [0.15, 0.2) is 0 Å². The Labute approximate surface area is 100 Å². The Bertz CT molecular complexity index is 417. The number of nitrogens with zero attached hydrogens (tertiary/aromatic N) is 1. The standard InChI is InChI=1S/C12H15ClN2O/c1-8(2)15-7-6-11(16)14-10-5-3-4-9(13)12(10)15/h3-5,8H,6-7H2,1-2H3,(H,14,16). The van der Waals surface area contributed by atoms with Crippen LogP contribution in [0.3, 0.4) is 0 Å². The van der Waals surface area contributed by atoms with Crippen molar-refractivity contribution in [1.29, 1.82) is 0 Å². The predicted octanol–water partition coefficient (Wildman–Crippen LogP) is 2.90. The van der Waals surface area contributed by atoms with Crippen molar-refractivity contribution in [2.75, 3.05) is 16.8 Å². The van der Waals surface area contributed by atoms with Crippen LogP contribution >= 0.6 is 11.6 Å². The van der Waals surface area contributed by atoms with Gasteiger partial charge in [-0.1, -0.05) is 17.7 Å². The fourth-order valence-electron chi connectivity index (χ4n) is 1.97. The molecule has 1 aliphatic heterocycles. The van der Waals surface area contributed by atoms with Crippen LogP contribution in [0.25, 0.3) is 0 Å². The van der Waals surface area contributed by atoms with Crippen molar-refractivity contribution in [3.63, 3.8) is 0 Å². The first kappa shape index (κ1) is 11.3. The average molecular weight is 239 g/mol. The lowest BCUT2D eigenvalue weighted by Crippen LogP contribution is -2.31. The summed E-state index contributed by atoms with van der Waals surface area (Å²) in [5.41, 5.74) is 1.74. The molecule has 0 atom stereocenters. The number of carbonyl (C=O) groups is 1. The van der Waals surface area contributed by atoms with Gasteiger partial charge in [-0.25, -0.2) is 0 Å². The minimum absolute atomic E-state index is 0.0478. The molecule has 0 bridgehead atoms. The molecule has 0 spiro atoms. The zero-order valence-electron chi connectivity index (χ0n) is 9.46. The minimum Gasteiger partial charge on any atom is -0.366 e. The number of fused-ring (bicyclic) bond motifs is 1. The van der Waals surface area contributed by atoms with Gasteiger partial charge in [-0.2, -0.15) is 0 Å². The summed E-state index contributed by atoms with van der Waals surface area (Å²) in [4.78, 5) is 13.7. The van der Waals surface area contributed by atoms with Crippen LogP contribution in [-0.4, -0.2) is 18.5 Å². The van der Waals surface area contributed by atoms with Gasteiger partial charge in [0.2, 0.25) is 5.91 Å². The fourth-order valence-corrected chi connectivity index (χ4v) is 2.25. The van der Waals surface area contributed by atoms with E-state index in [2.05, 4.69) is 24.1 Å². The van der Waals surface area contributed by atoms with Gasteiger partial charge in [0.05, 0.1) is 16.4 Å². The highest BCUT2D eigenvalue weighted by atomic mass is 35.5. The van der Waals surface area contributed by atoms with Gasteiger partial charge in [-0.05, 0) is 26.0 Å². The number of benzene rings is 1. The molecule has 3 nitrogen and oxygen atoms in total. The molecule has 16 heavy (non-hydrogen) atoms. The summed E-state index contributed by atoms with van der Waals surface area (Å²) in [7, 11) is 0. The molecule has 0 radical (unpaired) electrons. The summed E-state index contributed by atoms with van der Waals surface area (Å²) in [6.45, 7) is 4.91. The first-order valence-electron chi connectivity index (χ1n) is 5.44. The molecular formula is C12H15ClN2O. The second-order valence-corrected chi connectivity index (χ2v) is 4.63. The Morgan fingerprint density at radius 3 is 2.88 bits per heavy atom. The number of amides is 1. The topological polar surface area (TPSA) is 32.3 Å². The lowest BCUT2D eigenvalue weighted by molar-refractivity contribution is -0.115. The maximum atomic E-state index is 11.5. The highest BCUT2D eigenvalue weighted by Crippen LogP contribution is 2.36. The van der Waals surface area contributed by atoms with Crippen LogP contribution in [0.2, 0.25) is 5.02 Å². The molecule has 0 saturated heterocycles. The van der Waals surface area contributed by atoms with E-state index in [-0.39, 0.29) is 5.91 Å². The number of anilines is 2. The predicted molar refractivity (Wildman–Crippen MR) is 67.2 cm³/mol. The van der Waals surface area contributed by atoms with E-state index in [1.54, 1.807) is 0 Å². The van der Waals surface area contributed by atoms with E-state index >= 15 is 0 Å². The number of halogens is 1. The number of hydrogen-bond donors (Lipinski definition) is 1. The fraction of sp³-hybridized carbons (Fsp3) is 0.417. The quantitative estimate of drug-likeness (QED) is 0.816. The van der Waals surface area contributed by atoms with E-state index in [0.29, 0.717) is 24.0 Å². The zero-order valence-corrected chi connectivity index (χ0v) is 10.2. The van der Waals surface area contributed by atoms with Gasteiger partial charge in [0.1, 0.15) is 0 Å². The number of hydrogen-bond acceptors (Lipinski definition) is 2. The van der Waals surface area contributed by atoms with E-state index in [0.717, 1.165) is 11.4 Å². The van der Waals surface area contributed by atoms with E-state index in [4.69, 9.17) is 11.6 Å². The van der Waals surface area contributed by atoms with Gasteiger partial charge >= 0.3 is 0 Å². The molecular weight excluding hydrogens is 224 g/mol. The van der Waals surface area contributed by atoms with Crippen LogP contribution in [0.1, 0.15) is 20.3 Å². The van der Waals surface area contributed by atoms with Gasteiger partial charge < -0.3 is 10.2 Å². The molecule has 0 aromatic heterocycles. The van der Waals surface area contributed by atoms with Crippen molar-refractivity contribution < 1.29 is 4.79 Å². The largest absolute Gasteiger partial charge is 0.366 e. The van der Waals surface area contributed by atoms with Crippen molar-refractivity contribution in [1.82, 2.24) is 0 Å². The maximum absolute atomic E-state index is 11.5. The monoisotopic (exact) mass is 238 g/mol. The van der Waals surface area contributed by atoms with Crippen LogP contribution in [0.4, 0.5) is 11.4 Å². The van der Waals surface area contributed by atoms with Gasteiger partial charge in [-0.3, -0.25) is 4.79 Å². The van der Waals surface area contributed by atoms with Crippen molar-refractivity contribution >= 4 is 28.9 Å². The van der Waals surface area contributed by atoms with E-state index in [1.165, 1.54) is 0 Å². The molecule has 1 aromatic rings. The number of para-hydroxylation sites is 1. The summed E-state index contributed by atoms with van der Waals surface area (Å²) < 4.78 is 0. The zero-order chi connectivity index (χ0) is 11.7.